The number of aromatic nitrogens is 2. The van der Waals surface area contributed by atoms with Crippen molar-refractivity contribution in [3.8, 4) is 5.88 Å². The van der Waals surface area contributed by atoms with E-state index in [0.717, 1.165) is 24.2 Å². The summed E-state index contributed by atoms with van der Waals surface area (Å²) in [5.41, 5.74) is 9.32. The Morgan fingerprint density at radius 2 is 1.78 bits per heavy atom. The van der Waals surface area contributed by atoms with Gasteiger partial charge < -0.3 is 10.5 Å². The van der Waals surface area contributed by atoms with Crippen LogP contribution in [0.3, 0.4) is 0 Å². The molecule has 0 spiro atoms. The van der Waals surface area contributed by atoms with E-state index in [1.54, 1.807) is 12.4 Å². The Morgan fingerprint density at radius 3 is 2.56 bits per heavy atom. The normalized spacial score (nSPS) is 15.9. The molecule has 0 saturated heterocycles. The van der Waals surface area contributed by atoms with Gasteiger partial charge in [-0.2, -0.15) is 5.10 Å². The van der Waals surface area contributed by atoms with Crippen LogP contribution in [0.2, 0.25) is 0 Å². The zero-order valence-electron chi connectivity index (χ0n) is 14.9. The summed E-state index contributed by atoms with van der Waals surface area (Å²) in [6, 6.07) is 17.9. The van der Waals surface area contributed by atoms with Crippen LogP contribution in [-0.4, -0.2) is 27.7 Å². The highest BCUT2D eigenvalue weighted by molar-refractivity contribution is 5.72. The van der Waals surface area contributed by atoms with Crippen molar-refractivity contribution in [2.75, 3.05) is 12.3 Å². The predicted molar refractivity (Wildman–Crippen MR) is 105 cm³/mol. The molecule has 1 aliphatic heterocycles. The first kappa shape index (κ1) is 17.0. The minimum atomic E-state index is 0.185. The van der Waals surface area contributed by atoms with Crippen molar-refractivity contribution in [1.29, 1.82) is 0 Å². The summed E-state index contributed by atoms with van der Waals surface area (Å²) in [4.78, 5) is 8.32. The molecule has 1 atom stereocenters. The van der Waals surface area contributed by atoms with Crippen LogP contribution in [0.4, 0.5) is 5.82 Å². The average Bonchev–Trinajstić information content (AvgIpc) is 3.17. The Morgan fingerprint density at radius 1 is 0.963 bits per heavy atom. The van der Waals surface area contributed by atoms with Crippen LogP contribution in [0.1, 0.15) is 22.6 Å². The molecule has 4 rings (SSSR count). The lowest BCUT2D eigenvalue weighted by molar-refractivity contribution is 0.293. The first-order chi connectivity index (χ1) is 13.3. The van der Waals surface area contributed by atoms with Crippen molar-refractivity contribution in [3.63, 3.8) is 0 Å². The number of ether oxygens (including phenoxy) is 1. The number of rotatable bonds is 6. The molecule has 6 nitrogen and oxygen atoms in total. The monoisotopic (exact) mass is 359 g/mol. The summed E-state index contributed by atoms with van der Waals surface area (Å²) in [6.07, 6.45) is 5.38. The second-order valence-corrected chi connectivity index (χ2v) is 6.47. The molecule has 3 heterocycles. The Labute approximate surface area is 158 Å². The SMILES string of the molecule is Nc1ncccc1C1C=NN(Cc2ccc(COc3ccccn3)cc2)C1. The van der Waals surface area contributed by atoms with E-state index in [-0.39, 0.29) is 5.92 Å². The highest BCUT2D eigenvalue weighted by Crippen LogP contribution is 2.25. The molecule has 1 aromatic carbocycles. The minimum Gasteiger partial charge on any atom is -0.473 e. The number of hydrogen-bond donors (Lipinski definition) is 1. The van der Waals surface area contributed by atoms with E-state index in [0.29, 0.717) is 18.3 Å². The quantitative estimate of drug-likeness (QED) is 0.731. The summed E-state index contributed by atoms with van der Waals surface area (Å²) in [6.45, 7) is 2.07. The first-order valence-electron chi connectivity index (χ1n) is 8.89. The number of nitrogens with two attached hydrogens (primary N) is 1. The van der Waals surface area contributed by atoms with Crippen molar-refractivity contribution < 1.29 is 4.74 Å². The standard InChI is InChI=1S/C21H21N5O/c22-21-19(4-3-11-24-21)18-12-25-26(14-18)13-16-6-8-17(9-7-16)15-27-20-5-1-2-10-23-20/h1-12,18H,13-15H2,(H2,22,24). The van der Waals surface area contributed by atoms with Gasteiger partial charge in [-0.1, -0.05) is 36.4 Å². The van der Waals surface area contributed by atoms with Crippen molar-refractivity contribution in [2.45, 2.75) is 19.1 Å². The van der Waals surface area contributed by atoms with Gasteiger partial charge in [0.25, 0.3) is 0 Å². The van der Waals surface area contributed by atoms with Crippen LogP contribution in [0.15, 0.2) is 72.1 Å². The first-order valence-corrected chi connectivity index (χ1v) is 8.89. The number of anilines is 1. The molecule has 136 valence electrons. The fourth-order valence-corrected chi connectivity index (χ4v) is 3.07. The molecule has 0 radical (unpaired) electrons. The van der Waals surface area contributed by atoms with Crippen LogP contribution in [-0.2, 0) is 13.2 Å². The number of nitrogens with zero attached hydrogens (tertiary/aromatic N) is 4. The van der Waals surface area contributed by atoms with Crippen molar-refractivity contribution in [3.05, 3.63) is 83.7 Å². The van der Waals surface area contributed by atoms with E-state index >= 15 is 0 Å². The summed E-state index contributed by atoms with van der Waals surface area (Å²) < 4.78 is 5.68. The van der Waals surface area contributed by atoms with Crippen LogP contribution in [0.25, 0.3) is 0 Å². The molecule has 3 aromatic rings. The fourth-order valence-electron chi connectivity index (χ4n) is 3.07. The Bertz CT molecular complexity index is 911. The Kier molecular flexibility index (Phi) is 4.96. The van der Waals surface area contributed by atoms with Gasteiger partial charge in [-0.15, -0.1) is 0 Å². The van der Waals surface area contributed by atoms with Crippen molar-refractivity contribution in [1.82, 2.24) is 15.0 Å². The van der Waals surface area contributed by atoms with E-state index in [1.165, 1.54) is 5.56 Å². The van der Waals surface area contributed by atoms with Gasteiger partial charge in [-0.25, -0.2) is 9.97 Å². The maximum atomic E-state index is 5.98. The number of hydrogen-bond acceptors (Lipinski definition) is 6. The van der Waals surface area contributed by atoms with Gasteiger partial charge in [-0.3, -0.25) is 5.01 Å². The molecule has 27 heavy (non-hydrogen) atoms. The van der Waals surface area contributed by atoms with E-state index < -0.39 is 0 Å². The molecule has 0 saturated carbocycles. The van der Waals surface area contributed by atoms with Gasteiger partial charge >= 0.3 is 0 Å². The highest BCUT2D eigenvalue weighted by Gasteiger charge is 2.21. The fraction of sp³-hybridized carbons (Fsp3) is 0.190. The van der Waals surface area contributed by atoms with Crippen LogP contribution in [0.5, 0.6) is 5.88 Å². The lowest BCUT2D eigenvalue weighted by Gasteiger charge is -2.17. The number of benzene rings is 1. The summed E-state index contributed by atoms with van der Waals surface area (Å²) in [5.74, 6) is 1.39. The Balaban J connectivity index is 1.31. The zero-order chi connectivity index (χ0) is 18.5. The molecule has 0 fully saturated rings. The number of nitrogen functional groups attached to an aromatic ring is 1. The third-order valence-corrected chi connectivity index (χ3v) is 4.50. The zero-order valence-corrected chi connectivity index (χ0v) is 14.9. The summed E-state index contributed by atoms with van der Waals surface area (Å²) in [5, 5.41) is 6.57. The van der Waals surface area contributed by atoms with Gasteiger partial charge in [0, 0.05) is 42.7 Å². The van der Waals surface area contributed by atoms with E-state index in [2.05, 4.69) is 44.3 Å². The number of hydrazone groups is 1. The van der Waals surface area contributed by atoms with Gasteiger partial charge in [0.2, 0.25) is 5.88 Å². The molecule has 2 N–H and O–H groups in total. The average molecular weight is 359 g/mol. The molecule has 1 unspecified atom stereocenters. The molecule has 0 aliphatic carbocycles. The summed E-state index contributed by atoms with van der Waals surface area (Å²) in [7, 11) is 0. The predicted octanol–water partition coefficient (Wildman–Crippen LogP) is 3.22. The van der Waals surface area contributed by atoms with Gasteiger partial charge in [-0.05, 0) is 23.3 Å². The molecule has 2 aromatic heterocycles. The molecule has 6 heteroatoms. The highest BCUT2D eigenvalue weighted by atomic mass is 16.5. The van der Waals surface area contributed by atoms with Crippen molar-refractivity contribution >= 4 is 12.0 Å². The van der Waals surface area contributed by atoms with E-state index in [4.69, 9.17) is 10.5 Å². The Hall–Kier alpha value is -3.41. The second-order valence-electron chi connectivity index (χ2n) is 6.47. The number of pyridine rings is 2. The molecular weight excluding hydrogens is 338 g/mol. The van der Waals surface area contributed by atoms with Gasteiger partial charge in [0.05, 0.1) is 6.54 Å². The largest absolute Gasteiger partial charge is 0.473 e. The van der Waals surface area contributed by atoms with Gasteiger partial charge in [0.15, 0.2) is 0 Å². The molecular formula is C21H21N5O. The van der Waals surface area contributed by atoms with E-state index in [9.17, 15) is 0 Å². The third kappa shape index (κ3) is 4.23. The van der Waals surface area contributed by atoms with E-state index in [1.807, 2.05) is 36.5 Å². The lowest BCUT2D eigenvalue weighted by atomic mass is 10.0. The van der Waals surface area contributed by atoms with Crippen LogP contribution >= 0.6 is 0 Å². The second kappa shape index (κ2) is 7.86. The van der Waals surface area contributed by atoms with Crippen LogP contribution in [0, 0.1) is 0 Å². The van der Waals surface area contributed by atoms with Crippen LogP contribution < -0.4 is 10.5 Å². The smallest absolute Gasteiger partial charge is 0.213 e. The van der Waals surface area contributed by atoms with Gasteiger partial charge in [0.1, 0.15) is 12.4 Å². The van der Waals surface area contributed by atoms with Crippen molar-refractivity contribution in [2.24, 2.45) is 5.10 Å². The topological polar surface area (TPSA) is 76.6 Å². The maximum Gasteiger partial charge on any atom is 0.213 e. The molecule has 0 amide bonds. The molecule has 0 bridgehead atoms. The third-order valence-electron chi connectivity index (χ3n) is 4.50. The molecule has 1 aliphatic rings. The maximum absolute atomic E-state index is 5.98. The lowest BCUT2D eigenvalue weighted by Crippen LogP contribution is -2.18. The minimum absolute atomic E-state index is 0.185. The summed E-state index contributed by atoms with van der Waals surface area (Å²) >= 11 is 0.